The number of nitrogens with one attached hydrogen (secondary N) is 2. The predicted octanol–water partition coefficient (Wildman–Crippen LogP) is 5.45. The monoisotopic (exact) mass is 581 g/mol. The van der Waals surface area contributed by atoms with Gasteiger partial charge >= 0.3 is 6.18 Å². The Labute approximate surface area is 239 Å². The lowest BCUT2D eigenvalue weighted by atomic mass is 9.93. The molecule has 1 aliphatic carbocycles. The summed E-state index contributed by atoms with van der Waals surface area (Å²) in [5, 5.41) is 26.4. The lowest BCUT2D eigenvalue weighted by molar-refractivity contribution is -0.140. The highest BCUT2D eigenvalue weighted by molar-refractivity contribution is 5.98. The number of phenols is 1. The summed E-state index contributed by atoms with van der Waals surface area (Å²) in [7, 11) is 0. The van der Waals surface area contributed by atoms with Crippen LogP contribution in [0.5, 0.6) is 5.75 Å². The maximum Gasteiger partial charge on any atom is 0.433 e. The molecule has 0 aliphatic heterocycles. The Kier molecular flexibility index (Phi) is 8.19. The number of rotatable bonds is 8. The summed E-state index contributed by atoms with van der Waals surface area (Å²) >= 11 is 0. The van der Waals surface area contributed by atoms with E-state index in [-0.39, 0.29) is 52.5 Å². The van der Waals surface area contributed by atoms with Crippen LogP contribution >= 0.6 is 0 Å². The molecule has 0 saturated heterocycles. The number of anilines is 1. The van der Waals surface area contributed by atoms with Crippen LogP contribution < -0.4 is 16.4 Å². The zero-order chi connectivity index (χ0) is 30.0. The Bertz CT molecular complexity index is 1610. The van der Waals surface area contributed by atoms with Crippen molar-refractivity contribution in [3.8, 4) is 17.2 Å². The SMILES string of the molecule is C=C[C@H](N)c1oc(-c2ccc(O)c3nc(C(F)(F)F)ccc23)nc1C(=O)NCc1cccc(N[C@H]2CC[C@H](O)CC2)c1. The average molecular weight is 582 g/mol. The van der Waals surface area contributed by atoms with Gasteiger partial charge in [0.25, 0.3) is 5.91 Å². The van der Waals surface area contributed by atoms with Crippen LogP contribution in [0.4, 0.5) is 18.9 Å². The van der Waals surface area contributed by atoms with Gasteiger partial charge in [0, 0.05) is 29.2 Å². The number of nitrogens with zero attached hydrogens (tertiary/aromatic N) is 2. The van der Waals surface area contributed by atoms with E-state index in [0.29, 0.717) is 0 Å². The van der Waals surface area contributed by atoms with E-state index in [4.69, 9.17) is 10.2 Å². The van der Waals surface area contributed by atoms with Crippen LogP contribution in [0.1, 0.15) is 59.2 Å². The summed E-state index contributed by atoms with van der Waals surface area (Å²) in [6.45, 7) is 3.83. The van der Waals surface area contributed by atoms with Crippen LogP contribution in [-0.2, 0) is 12.7 Å². The van der Waals surface area contributed by atoms with Crippen LogP contribution in [-0.4, -0.2) is 38.2 Å². The lowest BCUT2D eigenvalue weighted by Crippen LogP contribution is -2.28. The molecule has 1 amide bonds. The molecule has 42 heavy (non-hydrogen) atoms. The number of hydrogen-bond donors (Lipinski definition) is 5. The van der Waals surface area contributed by atoms with Gasteiger partial charge in [0.05, 0.1) is 12.1 Å². The van der Waals surface area contributed by atoms with Crippen molar-refractivity contribution in [2.75, 3.05) is 5.32 Å². The first-order chi connectivity index (χ1) is 20.0. The normalized spacial score (nSPS) is 18.0. The summed E-state index contributed by atoms with van der Waals surface area (Å²) in [5.74, 6) is -1.08. The first kappa shape index (κ1) is 29.1. The van der Waals surface area contributed by atoms with Crippen LogP contribution in [0.15, 0.2) is 65.6 Å². The standard InChI is InChI=1S/C30H30F3N5O4/c1-2-22(34)27-26(28(41)35-15-16-4-3-5-18(14-16)36-17-6-8-19(39)9-7-17)38-29(42-27)21-10-12-23(40)25-20(21)11-13-24(37-25)30(31,32)33/h2-5,10-14,17,19,22,36,39-40H,1,6-9,15,34H2,(H,35,41)/t17-,19-,22-/m0/s1. The van der Waals surface area contributed by atoms with Crippen molar-refractivity contribution in [1.82, 2.24) is 15.3 Å². The Hall–Kier alpha value is -4.42. The number of carbonyl (C=O) groups excluding carboxylic acids is 1. The van der Waals surface area contributed by atoms with E-state index in [1.54, 1.807) is 0 Å². The number of aliphatic hydroxyl groups excluding tert-OH is 1. The van der Waals surface area contributed by atoms with E-state index in [1.165, 1.54) is 18.2 Å². The van der Waals surface area contributed by atoms with Crippen molar-refractivity contribution in [2.24, 2.45) is 5.73 Å². The van der Waals surface area contributed by atoms with Crippen molar-refractivity contribution in [2.45, 2.75) is 56.6 Å². The van der Waals surface area contributed by atoms with Gasteiger partial charge in [-0.15, -0.1) is 6.58 Å². The summed E-state index contributed by atoms with van der Waals surface area (Å²) < 4.78 is 45.5. The number of oxazole rings is 1. The summed E-state index contributed by atoms with van der Waals surface area (Å²) in [6, 6.07) is 11.5. The third-order valence-electron chi connectivity index (χ3n) is 7.23. The first-order valence-corrected chi connectivity index (χ1v) is 13.4. The molecule has 2 aromatic carbocycles. The molecule has 1 fully saturated rings. The minimum absolute atomic E-state index is 0.0218. The smallest absolute Gasteiger partial charge is 0.433 e. The minimum atomic E-state index is -4.70. The Balaban J connectivity index is 1.38. The number of hydrogen-bond acceptors (Lipinski definition) is 8. The van der Waals surface area contributed by atoms with Gasteiger partial charge in [-0.3, -0.25) is 4.79 Å². The molecule has 0 radical (unpaired) electrons. The first-order valence-electron chi connectivity index (χ1n) is 13.4. The number of carbonyl (C=O) groups is 1. The molecule has 2 heterocycles. The van der Waals surface area contributed by atoms with Gasteiger partial charge < -0.3 is 31.0 Å². The minimum Gasteiger partial charge on any atom is -0.506 e. The Morgan fingerprint density at radius 2 is 1.90 bits per heavy atom. The van der Waals surface area contributed by atoms with E-state index in [0.717, 1.165) is 49.1 Å². The molecule has 4 aromatic rings. The van der Waals surface area contributed by atoms with E-state index in [9.17, 15) is 28.2 Å². The number of amides is 1. The number of aliphatic hydroxyl groups is 1. The molecule has 220 valence electrons. The summed E-state index contributed by atoms with van der Waals surface area (Å²) in [4.78, 5) is 21.2. The molecule has 0 spiro atoms. The zero-order valence-corrected chi connectivity index (χ0v) is 22.5. The van der Waals surface area contributed by atoms with Crippen molar-refractivity contribution < 1.29 is 32.6 Å². The Morgan fingerprint density at radius 1 is 1.14 bits per heavy atom. The van der Waals surface area contributed by atoms with E-state index < -0.39 is 29.6 Å². The predicted molar refractivity (Wildman–Crippen MR) is 151 cm³/mol. The fraction of sp³-hybridized carbons (Fsp3) is 0.300. The van der Waals surface area contributed by atoms with Crippen molar-refractivity contribution >= 4 is 22.5 Å². The van der Waals surface area contributed by atoms with E-state index in [2.05, 4.69) is 27.2 Å². The highest BCUT2D eigenvalue weighted by atomic mass is 19.4. The molecule has 1 saturated carbocycles. The van der Waals surface area contributed by atoms with Gasteiger partial charge in [-0.1, -0.05) is 18.2 Å². The third kappa shape index (κ3) is 6.24. The highest BCUT2D eigenvalue weighted by Crippen LogP contribution is 2.37. The lowest BCUT2D eigenvalue weighted by Gasteiger charge is -2.27. The largest absolute Gasteiger partial charge is 0.506 e. The van der Waals surface area contributed by atoms with Gasteiger partial charge in [0.15, 0.2) is 11.5 Å². The molecule has 5 rings (SSSR count). The number of fused-ring (bicyclic) bond motifs is 1. The van der Waals surface area contributed by atoms with Crippen molar-refractivity contribution in [1.29, 1.82) is 0 Å². The molecule has 12 heteroatoms. The average Bonchev–Trinajstić information content (AvgIpc) is 3.42. The van der Waals surface area contributed by atoms with Gasteiger partial charge in [-0.05, 0) is 67.6 Å². The number of nitrogens with two attached hydrogens (primary N) is 1. The second-order valence-corrected chi connectivity index (χ2v) is 10.2. The van der Waals surface area contributed by atoms with Gasteiger partial charge in [-0.2, -0.15) is 13.2 Å². The maximum absolute atomic E-state index is 13.3. The van der Waals surface area contributed by atoms with Crippen molar-refractivity contribution in [3.63, 3.8) is 0 Å². The number of halogens is 3. The maximum atomic E-state index is 13.3. The van der Waals surface area contributed by atoms with Gasteiger partial charge in [-0.25, -0.2) is 9.97 Å². The third-order valence-corrected chi connectivity index (χ3v) is 7.23. The molecule has 2 aromatic heterocycles. The molecule has 6 N–H and O–H groups in total. The molecule has 0 bridgehead atoms. The molecule has 1 atom stereocenters. The number of alkyl halides is 3. The van der Waals surface area contributed by atoms with Crippen LogP contribution in [0.2, 0.25) is 0 Å². The van der Waals surface area contributed by atoms with Crippen LogP contribution in [0.25, 0.3) is 22.4 Å². The molecule has 1 aliphatic rings. The quantitative estimate of drug-likeness (QED) is 0.173. The fourth-order valence-corrected chi connectivity index (χ4v) is 4.98. The number of aromatic hydroxyl groups is 1. The number of aromatic nitrogens is 2. The Morgan fingerprint density at radius 3 is 2.62 bits per heavy atom. The topological polar surface area (TPSA) is 147 Å². The summed E-state index contributed by atoms with van der Waals surface area (Å²) in [5.41, 5.74) is 6.51. The van der Waals surface area contributed by atoms with Gasteiger partial charge in [0.2, 0.25) is 5.89 Å². The highest BCUT2D eigenvalue weighted by Gasteiger charge is 2.33. The van der Waals surface area contributed by atoms with Crippen LogP contribution in [0.3, 0.4) is 0 Å². The van der Waals surface area contributed by atoms with Gasteiger partial charge in [0.1, 0.15) is 17.0 Å². The van der Waals surface area contributed by atoms with Crippen LogP contribution in [0, 0.1) is 0 Å². The second-order valence-electron chi connectivity index (χ2n) is 10.2. The summed E-state index contributed by atoms with van der Waals surface area (Å²) in [6.07, 6.45) is -0.318. The van der Waals surface area contributed by atoms with E-state index >= 15 is 0 Å². The molecule has 0 unspecified atom stereocenters. The molecular weight excluding hydrogens is 551 g/mol. The van der Waals surface area contributed by atoms with E-state index in [1.807, 2.05) is 24.3 Å². The van der Waals surface area contributed by atoms with Crippen molar-refractivity contribution in [3.05, 3.63) is 83.9 Å². The fourth-order valence-electron chi connectivity index (χ4n) is 4.98. The number of benzene rings is 2. The number of phenolic OH excluding ortho intramolecular Hbond substituents is 1. The second kappa shape index (κ2) is 11.8. The zero-order valence-electron chi connectivity index (χ0n) is 22.5. The molecular formula is C30H30F3N5O4. The molecule has 9 nitrogen and oxygen atoms in total. The number of pyridine rings is 1.